The van der Waals surface area contributed by atoms with Crippen molar-refractivity contribution >= 4 is 0 Å². The fourth-order valence-electron chi connectivity index (χ4n) is 1.71. The minimum absolute atomic E-state index is 0.149. The van der Waals surface area contributed by atoms with Crippen molar-refractivity contribution in [2.45, 2.75) is 6.04 Å². The van der Waals surface area contributed by atoms with E-state index in [1.54, 1.807) is 28.4 Å². The van der Waals surface area contributed by atoms with Gasteiger partial charge in [0.1, 0.15) is 0 Å². The van der Waals surface area contributed by atoms with Gasteiger partial charge in [-0.15, -0.1) is 0 Å². The van der Waals surface area contributed by atoms with Gasteiger partial charge in [0.2, 0.25) is 5.75 Å². The Balaban J connectivity index is 3.21. The molecule has 0 heterocycles. The molecule has 1 aromatic carbocycles. The molecule has 6 nitrogen and oxygen atoms in total. The lowest BCUT2D eigenvalue weighted by atomic mass is 10.1. The van der Waals surface area contributed by atoms with Gasteiger partial charge in [-0.1, -0.05) is 0 Å². The van der Waals surface area contributed by atoms with Gasteiger partial charge in [0.05, 0.1) is 34.0 Å². The molecule has 0 bridgehead atoms. The molecule has 0 aliphatic rings. The molecule has 0 aliphatic heterocycles. The molecular formula is C12H20N2O4. The summed E-state index contributed by atoms with van der Waals surface area (Å²) >= 11 is 0. The highest BCUT2D eigenvalue weighted by Gasteiger charge is 2.17. The van der Waals surface area contributed by atoms with E-state index in [0.717, 1.165) is 5.56 Å². The summed E-state index contributed by atoms with van der Waals surface area (Å²) in [5.74, 6) is 7.23. The van der Waals surface area contributed by atoms with Crippen LogP contribution in [0.25, 0.3) is 0 Å². The maximum Gasteiger partial charge on any atom is 0.203 e. The van der Waals surface area contributed by atoms with Gasteiger partial charge in [0, 0.05) is 7.11 Å². The van der Waals surface area contributed by atoms with Crippen molar-refractivity contribution in [2.24, 2.45) is 5.84 Å². The summed E-state index contributed by atoms with van der Waals surface area (Å²) in [5, 5.41) is 0. The van der Waals surface area contributed by atoms with Crippen molar-refractivity contribution in [3.63, 3.8) is 0 Å². The summed E-state index contributed by atoms with van der Waals surface area (Å²) in [6.45, 7) is 0.440. The lowest BCUT2D eigenvalue weighted by Gasteiger charge is -2.19. The van der Waals surface area contributed by atoms with Gasteiger partial charge in [-0.05, 0) is 17.7 Å². The molecule has 1 atom stereocenters. The average Bonchev–Trinajstić information content (AvgIpc) is 2.42. The first-order chi connectivity index (χ1) is 8.71. The molecule has 6 heteroatoms. The molecule has 102 valence electrons. The van der Waals surface area contributed by atoms with E-state index < -0.39 is 0 Å². The minimum Gasteiger partial charge on any atom is -0.493 e. The number of hydrogen-bond acceptors (Lipinski definition) is 6. The van der Waals surface area contributed by atoms with Gasteiger partial charge in [0.25, 0.3) is 0 Å². The van der Waals surface area contributed by atoms with E-state index in [0.29, 0.717) is 23.9 Å². The van der Waals surface area contributed by atoms with Crippen LogP contribution in [0.4, 0.5) is 0 Å². The van der Waals surface area contributed by atoms with E-state index in [2.05, 4.69) is 5.43 Å². The van der Waals surface area contributed by atoms with Crippen LogP contribution in [0.5, 0.6) is 17.2 Å². The Bertz CT molecular complexity index is 359. The third-order valence-corrected chi connectivity index (χ3v) is 2.62. The molecule has 18 heavy (non-hydrogen) atoms. The second-order valence-corrected chi connectivity index (χ2v) is 3.63. The maximum absolute atomic E-state index is 5.50. The van der Waals surface area contributed by atoms with Crippen LogP contribution in [0, 0.1) is 0 Å². The first kappa shape index (κ1) is 14.6. The highest BCUT2D eigenvalue weighted by atomic mass is 16.5. The first-order valence-electron chi connectivity index (χ1n) is 5.46. The number of nitrogens with one attached hydrogen (secondary N) is 1. The SMILES string of the molecule is COCC(NN)c1cc(OC)c(OC)c(OC)c1. The van der Waals surface area contributed by atoms with Crippen LogP contribution in [0.15, 0.2) is 12.1 Å². The topological polar surface area (TPSA) is 75.0 Å². The molecule has 3 N–H and O–H groups in total. The molecule has 0 spiro atoms. The van der Waals surface area contributed by atoms with Crippen LogP contribution in [-0.4, -0.2) is 35.0 Å². The second-order valence-electron chi connectivity index (χ2n) is 3.63. The molecular weight excluding hydrogens is 236 g/mol. The number of methoxy groups -OCH3 is 4. The molecule has 0 fully saturated rings. The summed E-state index contributed by atoms with van der Waals surface area (Å²) in [4.78, 5) is 0. The van der Waals surface area contributed by atoms with E-state index in [1.165, 1.54) is 0 Å². The molecule has 0 aliphatic carbocycles. The van der Waals surface area contributed by atoms with Gasteiger partial charge in [-0.25, -0.2) is 0 Å². The molecule has 0 saturated carbocycles. The lowest BCUT2D eigenvalue weighted by molar-refractivity contribution is 0.167. The fraction of sp³-hybridized carbons (Fsp3) is 0.500. The Morgan fingerprint density at radius 1 is 1.06 bits per heavy atom. The Morgan fingerprint density at radius 2 is 1.61 bits per heavy atom. The van der Waals surface area contributed by atoms with Gasteiger partial charge < -0.3 is 18.9 Å². The van der Waals surface area contributed by atoms with E-state index in [9.17, 15) is 0 Å². The van der Waals surface area contributed by atoms with Crippen molar-refractivity contribution in [3.05, 3.63) is 17.7 Å². The first-order valence-corrected chi connectivity index (χ1v) is 5.46. The Kier molecular flexibility index (Phi) is 5.70. The number of hydrazine groups is 1. The van der Waals surface area contributed by atoms with Crippen molar-refractivity contribution in [3.8, 4) is 17.2 Å². The standard InChI is InChI=1S/C12H20N2O4/c1-15-7-9(14-13)8-5-10(16-2)12(18-4)11(6-8)17-3/h5-6,9,14H,7,13H2,1-4H3. The summed E-state index contributed by atoms with van der Waals surface area (Å²) < 4.78 is 20.9. The van der Waals surface area contributed by atoms with E-state index >= 15 is 0 Å². The summed E-state index contributed by atoms with van der Waals surface area (Å²) in [5.41, 5.74) is 3.58. The molecule has 0 aromatic heterocycles. The van der Waals surface area contributed by atoms with Crippen LogP contribution in [-0.2, 0) is 4.74 Å². The Morgan fingerprint density at radius 3 is 1.94 bits per heavy atom. The average molecular weight is 256 g/mol. The normalized spacial score (nSPS) is 12.1. The molecule has 1 rings (SSSR count). The summed E-state index contributed by atoms with van der Waals surface area (Å²) in [6.07, 6.45) is 0. The van der Waals surface area contributed by atoms with Crippen LogP contribution in [0.2, 0.25) is 0 Å². The maximum atomic E-state index is 5.50. The zero-order valence-corrected chi connectivity index (χ0v) is 11.1. The Labute approximate surface area is 107 Å². The number of rotatable bonds is 7. The van der Waals surface area contributed by atoms with E-state index in [1.807, 2.05) is 12.1 Å². The predicted octanol–water partition coefficient (Wildman–Crippen LogP) is 0.863. The van der Waals surface area contributed by atoms with E-state index in [4.69, 9.17) is 24.8 Å². The number of benzene rings is 1. The van der Waals surface area contributed by atoms with E-state index in [-0.39, 0.29) is 6.04 Å². The summed E-state index contributed by atoms with van der Waals surface area (Å²) in [7, 11) is 6.32. The highest BCUT2D eigenvalue weighted by Crippen LogP contribution is 2.39. The van der Waals surface area contributed by atoms with Crippen molar-refractivity contribution in [1.29, 1.82) is 0 Å². The Hall–Kier alpha value is -1.50. The van der Waals surface area contributed by atoms with Crippen LogP contribution in [0.1, 0.15) is 11.6 Å². The van der Waals surface area contributed by atoms with Crippen molar-refractivity contribution in [1.82, 2.24) is 5.43 Å². The van der Waals surface area contributed by atoms with Crippen LogP contribution < -0.4 is 25.5 Å². The molecule has 0 radical (unpaired) electrons. The van der Waals surface area contributed by atoms with Gasteiger partial charge in [-0.3, -0.25) is 11.3 Å². The van der Waals surface area contributed by atoms with Crippen LogP contribution in [0.3, 0.4) is 0 Å². The quantitative estimate of drug-likeness (QED) is 0.557. The van der Waals surface area contributed by atoms with Crippen LogP contribution >= 0.6 is 0 Å². The van der Waals surface area contributed by atoms with Gasteiger partial charge in [0.15, 0.2) is 11.5 Å². The monoisotopic (exact) mass is 256 g/mol. The molecule has 1 aromatic rings. The minimum atomic E-state index is -0.149. The molecule has 0 saturated heterocycles. The lowest BCUT2D eigenvalue weighted by Crippen LogP contribution is -2.31. The zero-order valence-electron chi connectivity index (χ0n) is 11.1. The molecule has 0 amide bonds. The predicted molar refractivity (Wildman–Crippen MR) is 68.0 cm³/mol. The third kappa shape index (κ3) is 3.04. The largest absolute Gasteiger partial charge is 0.493 e. The molecule has 1 unspecified atom stereocenters. The fourth-order valence-corrected chi connectivity index (χ4v) is 1.71. The third-order valence-electron chi connectivity index (χ3n) is 2.62. The van der Waals surface area contributed by atoms with Gasteiger partial charge in [-0.2, -0.15) is 0 Å². The smallest absolute Gasteiger partial charge is 0.203 e. The highest BCUT2D eigenvalue weighted by molar-refractivity contribution is 5.54. The van der Waals surface area contributed by atoms with Gasteiger partial charge >= 0.3 is 0 Å². The van der Waals surface area contributed by atoms with Crippen molar-refractivity contribution < 1.29 is 18.9 Å². The number of hydrogen-bond donors (Lipinski definition) is 2. The second kappa shape index (κ2) is 7.05. The van der Waals surface area contributed by atoms with Crippen molar-refractivity contribution in [2.75, 3.05) is 35.0 Å². The summed E-state index contributed by atoms with van der Waals surface area (Å²) in [6, 6.07) is 3.53. The zero-order chi connectivity index (χ0) is 13.5. The number of ether oxygens (including phenoxy) is 4. The number of nitrogens with two attached hydrogens (primary N) is 1.